The lowest BCUT2D eigenvalue weighted by atomic mass is 9.74. The van der Waals surface area contributed by atoms with E-state index in [2.05, 4.69) is 20.4 Å². The number of carbonyl (C=O) groups is 4. The van der Waals surface area contributed by atoms with Gasteiger partial charge in [0, 0.05) is 5.56 Å². The van der Waals surface area contributed by atoms with Crippen molar-refractivity contribution in [3.63, 3.8) is 0 Å². The lowest BCUT2D eigenvalue weighted by Crippen LogP contribution is -2.58. The monoisotopic (exact) mass is 541 g/mol. The van der Waals surface area contributed by atoms with E-state index in [1.54, 1.807) is 12.1 Å². The molecule has 5 atom stereocenters. The van der Waals surface area contributed by atoms with Crippen molar-refractivity contribution >= 4 is 30.9 Å². The number of carbonyl (C=O) groups excluding carboxylic acids is 4. The van der Waals surface area contributed by atoms with Gasteiger partial charge in [-0.1, -0.05) is 50.2 Å². The van der Waals surface area contributed by atoms with Crippen molar-refractivity contribution in [2.75, 3.05) is 7.11 Å². The van der Waals surface area contributed by atoms with Crippen molar-refractivity contribution in [1.29, 1.82) is 0 Å². The van der Waals surface area contributed by atoms with Crippen LogP contribution in [0.2, 0.25) is 0 Å². The first-order valence-electron chi connectivity index (χ1n) is 12.5. The molecule has 0 bridgehead atoms. The number of amides is 2. The normalized spacial score (nSPS) is 18.1. The maximum Gasteiger partial charge on any atom is 0.552 e. The molecule has 1 aliphatic rings. The summed E-state index contributed by atoms with van der Waals surface area (Å²) in [6, 6.07) is 12.7. The predicted molar refractivity (Wildman–Crippen MR) is 139 cm³/mol. The Morgan fingerprint density at radius 2 is 1.74 bits per heavy atom. The van der Waals surface area contributed by atoms with Crippen LogP contribution in [0.3, 0.4) is 0 Å². The Kier molecular flexibility index (Phi) is 10.2. The Morgan fingerprint density at radius 1 is 1.05 bits per heavy atom. The summed E-state index contributed by atoms with van der Waals surface area (Å²) in [6.07, 6.45) is -4.58. The van der Waals surface area contributed by atoms with Crippen LogP contribution in [0.25, 0.3) is 11.3 Å². The van der Waals surface area contributed by atoms with Crippen molar-refractivity contribution < 1.29 is 43.4 Å². The molecule has 2 heterocycles. The highest BCUT2D eigenvalue weighted by atomic mass is 16.7. The first kappa shape index (κ1) is 29.7. The number of benzene rings is 1. The predicted octanol–water partition coefficient (Wildman–Crippen LogP) is 0.262. The first-order chi connectivity index (χ1) is 18.5. The van der Waals surface area contributed by atoms with Crippen molar-refractivity contribution in [2.45, 2.75) is 57.5 Å². The van der Waals surface area contributed by atoms with Crippen molar-refractivity contribution in [3.8, 4) is 11.3 Å². The van der Waals surface area contributed by atoms with Gasteiger partial charge < -0.3 is 34.9 Å². The third kappa shape index (κ3) is 7.62. The summed E-state index contributed by atoms with van der Waals surface area (Å²) in [4.78, 5) is 54.5. The lowest BCUT2D eigenvalue weighted by Gasteiger charge is -2.26. The zero-order valence-corrected chi connectivity index (χ0v) is 22.1. The number of ether oxygens (including phenoxy) is 1. The average Bonchev–Trinajstić information content (AvgIpc) is 3.31. The second kappa shape index (κ2) is 13.3. The van der Waals surface area contributed by atoms with E-state index in [-0.39, 0.29) is 18.0 Å². The molecule has 0 radical (unpaired) electrons. The Hall–Kier alpha value is -3.81. The molecule has 1 saturated heterocycles. The Morgan fingerprint density at radius 3 is 2.36 bits per heavy atom. The van der Waals surface area contributed by atoms with Gasteiger partial charge in [0.1, 0.15) is 11.7 Å². The van der Waals surface area contributed by atoms with E-state index in [1.807, 2.05) is 44.2 Å². The fourth-order valence-electron chi connectivity index (χ4n) is 4.00. The van der Waals surface area contributed by atoms with Gasteiger partial charge in [0.05, 0.1) is 24.8 Å². The summed E-state index contributed by atoms with van der Waals surface area (Å²) >= 11 is 0. The van der Waals surface area contributed by atoms with Gasteiger partial charge in [-0.3, -0.25) is 14.4 Å². The second-order valence-corrected chi connectivity index (χ2v) is 9.54. The SMILES string of the molecule is COC(=O)[C@H](O)[C@H]1OB([C@H](CC(C)C)NC(=O)C(NC(=O)c2cccc(-c3ccccc3)n2)[C@@H](C)O)OC1=O. The standard InChI is InChI=1S/C26H32BN3O9/c1-14(2)13-19(27-38-22(26(36)39-27)21(32)25(35)37-4)29-24(34)20(15(3)31)30-23(33)18-12-8-11-17(28-18)16-9-6-5-7-10-16/h5-12,14-15,19-22,31-32H,13H2,1-4H3,(H,29,34)(H,30,33)/t15-,19+,20?,21-,22-/m1/s1. The van der Waals surface area contributed by atoms with E-state index in [1.165, 1.54) is 13.0 Å². The van der Waals surface area contributed by atoms with Crippen LogP contribution in [0.15, 0.2) is 48.5 Å². The highest BCUT2D eigenvalue weighted by Gasteiger charge is 2.51. The molecular formula is C26H32BN3O9. The van der Waals surface area contributed by atoms with E-state index in [0.717, 1.165) is 12.7 Å². The number of aromatic nitrogens is 1. The molecule has 0 spiro atoms. The average molecular weight is 541 g/mol. The lowest BCUT2D eigenvalue weighted by molar-refractivity contribution is -0.160. The van der Waals surface area contributed by atoms with Gasteiger partial charge >= 0.3 is 19.1 Å². The number of esters is 1. The summed E-state index contributed by atoms with van der Waals surface area (Å²) in [5.74, 6) is -4.45. The van der Waals surface area contributed by atoms with Gasteiger partial charge in [0.25, 0.3) is 5.91 Å². The van der Waals surface area contributed by atoms with Crippen molar-refractivity contribution in [3.05, 3.63) is 54.2 Å². The molecule has 12 nitrogen and oxygen atoms in total. The fraction of sp³-hybridized carbons (Fsp3) is 0.423. The number of hydrogen-bond acceptors (Lipinski definition) is 10. The molecule has 208 valence electrons. The van der Waals surface area contributed by atoms with Gasteiger partial charge in [0.15, 0.2) is 12.2 Å². The minimum absolute atomic E-state index is 0.00769. The number of pyridine rings is 1. The maximum atomic E-state index is 13.2. The van der Waals surface area contributed by atoms with Crippen LogP contribution in [0.4, 0.5) is 0 Å². The highest BCUT2D eigenvalue weighted by molar-refractivity contribution is 6.51. The van der Waals surface area contributed by atoms with Crippen LogP contribution >= 0.6 is 0 Å². The molecule has 4 N–H and O–H groups in total. The summed E-state index contributed by atoms with van der Waals surface area (Å²) in [5, 5.41) is 25.5. The minimum Gasteiger partial charge on any atom is -0.506 e. The quantitative estimate of drug-likeness (QED) is 0.228. The van der Waals surface area contributed by atoms with Gasteiger partial charge in [-0.2, -0.15) is 0 Å². The highest BCUT2D eigenvalue weighted by Crippen LogP contribution is 2.21. The summed E-state index contributed by atoms with van der Waals surface area (Å²) in [6.45, 7) is 5.05. The van der Waals surface area contributed by atoms with E-state index < -0.39 is 61.2 Å². The smallest absolute Gasteiger partial charge is 0.506 e. The molecule has 1 aromatic heterocycles. The van der Waals surface area contributed by atoms with E-state index in [9.17, 15) is 29.4 Å². The molecular weight excluding hydrogens is 509 g/mol. The van der Waals surface area contributed by atoms with Crippen LogP contribution < -0.4 is 10.6 Å². The van der Waals surface area contributed by atoms with Crippen LogP contribution in [0.5, 0.6) is 0 Å². The van der Waals surface area contributed by atoms with Crippen molar-refractivity contribution in [1.82, 2.24) is 15.6 Å². The molecule has 0 saturated carbocycles. The Bertz CT molecular complexity index is 1180. The number of aliphatic hydroxyl groups is 2. The van der Waals surface area contributed by atoms with E-state index in [0.29, 0.717) is 5.69 Å². The van der Waals surface area contributed by atoms with E-state index >= 15 is 0 Å². The summed E-state index contributed by atoms with van der Waals surface area (Å²) in [7, 11) is -0.286. The molecule has 2 aromatic rings. The zero-order valence-electron chi connectivity index (χ0n) is 22.1. The molecule has 0 aliphatic carbocycles. The zero-order chi connectivity index (χ0) is 28.7. The molecule has 1 unspecified atom stereocenters. The number of aliphatic hydroxyl groups excluding tert-OH is 2. The second-order valence-electron chi connectivity index (χ2n) is 9.54. The van der Waals surface area contributed by atoms with Crippen LogP contribution in [0.1, 0.15) is 37.7 Å². The third-order valence-electron chi connectivity index (χ3n) is 5.96. The molecule has 1 aliphatic heterocycles. The number of hydrogen-bond donors (Lipinski definition) is 4. The van der Waals surface area contributed by atoms with Crippen molar-refractivity contribution in [2.24, 2.45) is 5.92 Å². The molecule has 2 amide bonds. The fourth-order valence-corrected chi connectivity index (χ4v) is 4.00. The third-order valence-corrected chi connectivity index (χ3v) is 5.96. The molecule has 13 heteroatoms. The van der Waals surface area contributed by atoms with Crippen LogP contribution in [-0.4, -0.2) is 83.5 Å². The first-order valence-corrected chi connectivity index (χ1v) is 12.5. The number of methoxy groups -OCH3 is 1. The number of rotatable bonds is 11. The maximum absolute atomic E-state index is 13.2. The van der Waals surface area contributed by atoms with Crippen LogP contribution in [-0.2, 0) is 28.4 Å². The van der Waals surface area contributed by atoms with Gasteiger partial charge in [-0.25, -0.2) is 9.78 Å². The van der Waals surface area contributed by atoms with E-state index in [4.69, 9.17) is 9.31 Å². The topological polar surface area (TPSA) is 173 Å². The Balaban J connectivity index is 1.74. The van der Waals surface area contributed by atoms with Crippen LogP contribution in [0, 0.1) is 5.92 Å². The van der Waals surface area contributed by atoms with Gasteiger partial charge in [-0.15, -0.1) is 0 Å². The molecule has 1 aromatic carbocycles. The summed E-state index contributed by atoms with van der Waals surface area (Å²) < 4.78 is 15.1. The minimum atomic E-state index is -1.91. The largest absolute Gasteiger partial charge is 0.552 e. The molecule has 3 rings (SSSR count). The van der Waals surface area contributed by atoms with Gasteiger partial charge in [-0.05, 0) is 31.4 Å². The Labute approximate surface area is 226 Å². The molecule has 39 heavy (non-hydrogen) atoms. The van der Waals surface area contributed by atoms with Gasteiger partial charge in [0.2, 0.25) is 5.91 Å². The number of nitrogens with one attached hydrogen (secondary N) is 2. The summed E-state index contributed by atoms with van der Waals surface area (Å²) in [5.41, 5.74) is 1.40. The molecule has 1 fully saturated rings. The number of nitrogens with zero attached hydrogens (tertiary/aromatic N) is 1.